The predicted molar refractivity (Wildman–Crippen MR) is 226 cm³/mol. The quantitative estimate of drug-likeness (QED) is 0.100. The monoisotopic (exact) mass is 763 g/mol. The normalized spacial score (nSPS) is 31.1. The first-order chi connectivity index (χ1) is 23.1. The van der Waals surface area contributed by atoms with Crippen molar-refractivity contribution in [2.75, 3.05) is 13.9 Å². The van der Waals surface area contributed by atoms with E-state index in [0.29, 0.717) is 30.0 Å². The van der Waals surface area contributed by atoms with Gasteiger partial charge in [0.2, 0.25) is 0 Å². The van der Waals surface area contributed by atoms with Crippen LogP contribution in [0.2, 0.25) is 55.9 Å². The van der Waals surface area contributed by atoms with Crippen LogP contribution in [0.15, 0.2) is 35.5 Å². The summed E-state index contributed by atoms with van der Waals surface area (Å²) in [5.41, 5.74) is 3.28. The third-order valence-electron chi connectivity index (χ3n) is 13.5. The number of allylic oxidation sites excluding steroid dienone is 4. The molecule has 0 bridgehead atoms. The van der Waals surface area contributed by atoms with Gasteiger partial charge in [-0.1, -0.05) is 90.8 Å². The first kappa shape index (κ1) is 45.1. The molecule has 51 heavy (non-hydrogen) atoms. The molecule has 0 aromatic rings. The molecule has 0 radical (unpaired) electrons. The van der Waals surface area contributed by atoms with Gasteiger partial charge >= 0.3 is 0 Å². The summed E-state index contributed by atoms with van der Waals surface area (Å²) in [4.78, 5) is 0. The van der Waals surface area contributed by atoms with Gasteiger partial charge in [-0.2, -0.15) is 0 Å². The average molecular weight is 763 g/mol. The second kappa shape index (κ2) is 16.8. The van der Waals surface area contributed by atoms with Crippen LogP contribution in [-0.2, 0) is 22.8 Å². The van der Waals surface area contributed by atoms with Crippen molar-refractivity contribution in [2.24, 2.45) is 23.2 Å². The molecule has 3 rings (SSSR count). The van der Waals surface area contributed by atoms with E-state index in [1.165, 1.54) is 37.7 Å². The molecule has 0 aliphatic heterocycles. The molecule has 3 aliphatic carbocycles. The number of ether oxygens (including phenoxy) is 2. The zero-order chi connectivity index (χ0) is 38.8. The lowest BCUT2D eigenvalue weighted by Gasteiger charge is -2.49. The van der Waals surface area contributed by atoms with Crippen molar-refractivity contribution in [3.63, 3.8) is 0 Å². The minimum Gasteiger partial charge on any atom is -0.411 e. The fourth-order valence-corrected chi connectivity index (χ4v) is 12.2. The van der Waals surface area contributed by atoms with Gasteiger partial charge in [0.15, 0.2) is 25.0 Å². The van der Waals surface area contributed by atoms with E-state index in [1.807, 2.05) is 0 Å². The number of fused-ring (bicyclic) bond motifs is 1. The van der Waals surface area contributed by atoms with Gasteiger partial charge in [0.25, 0.3) is 0 Å². The molecule has 0 spiro atoms. The molecule has 7 atom stereocenters. The van der Waals surface area contributed by atoms with Crippen LogP contribution < -0.4 is 0 Å². The van der Waals surface area contributed by atoms with Gasteiger partial charge in [-0.05, 0) is 144 Å². The largest absolute Gasteiger partial charge is 0.411 e. The van der Waals surface area contributed by atoms with Crippen molar-refractivity contribution >= 4 is 25.0 Å². The van der Waals surface area contributed by atoms with Crippen LogP contribution in [-0.4, -0.2) is 62.8 Å². The maximum atomic E-state index is 7.34. The summed E-state index contributed by atoms with van der Waals surface area (Å²) < 4.78 is 32.8. The summed E-state index contributed by atoms with van der Waals surface area (Å²) in [6.07, 6.45) is 19.1. The minimum absolute atomic E-state index is 0.00998. The van der Waals surface area contributed by atoms with Crippen LogP contribution in [0, 0.1) is 23.2 Å². The van der Waals surface area contributed by atoms with Gasteiger partial charge < -0.3 is 22.8 Å². The lowest BCUT2D eigenvalue weighted by molar-refractivity contribution is -0.112. The van der Waals surface area contributed by atoms with Crippen LogP contribution >= 0.6 is 0 Å². The lowest BCUT2D eigenvalue weighted by atomic mass is 9.61. The Bertz CT molecular complexity index is 1190. The summed E-state index contributed by atoms with van der Waals surface area (Å²) in [6.45, 7) is 40.3. The van der Waals surface area contributed by atoms with Crippen molar-refractivity contribution < 1.29 is 22.8 Å². The van der Waals surface area contributed by atoms with Gasteiger partial charge in [0.1, 0.15) is 6.79 Å². The first-order valence-electron chi connectivity index (χ1n) is 20.3. The third-order valence-corrected chi connectivity index (χ3v) is 23.5. The van der Waals surface area contributed by atoms with Crippen LogP contribution in [0.4, 0.5) is 0 Å². The Hall–Kier alpha value is -0.329. The Balaban J connectivity index is 1.93. The standard InChI is InChI=1S/C43H82O5Si3/c1-32(21-19-27-42(8,9)45-31-44-11)35-25-26-36-34(22-20-28-43(35,36)10)24-23-33-29-37(46-50(15,16)40(2,3)4)39(48-49(12,13)14)38(30-33)47-51(17,18)41(5,6)7/h19,21,23-24,32,35-39H,20,22,25-31H2,1-18H3/b21-19+,33-23?,34-24+/t32-,35?,36?,37-,38+,39?,43?/m1/s1. The minimum atomic E-state index is -2.06. The molecule has 5 nitrogen and oxygen atoms in total. The Morgan fingerprint density at radius 1 is 0.804 bits per heavy atom. The molecule has 8 heteroatoms. The van der Waals surface area contributed by atoms with E-state index in [1.54, 1.807) is 12.7 Å². The van der Waals surface area contributed by atoms with Crippen LogP contribution in [0.5, 0.6) is 0 Å². The molecule has 3 fully saturated rings. The Morgan fingerprint density at radius 2 is 1.35 bits per heavy atom. The molecule has 0 aromatic carbocycles. The molecular weight excluding hydrogens is 681 g/mol. The molecule has 0 saturated heterocycles. The molecule has 3 saturated carbocycles. The number of methoxy groups -OCH3 is 1. The molecule has 0 heterocycles. The summed E-state index contributed by atoms with van der Waals surface area (Å²) >= 11 is 0. The summed E-state index contributed by atoms with van der Waals surface area (Å²) in [5.74, 6) is 1.92. The Labute approximate surface area is 319 Å². The zero-order valence-electron chi connectivity index (χ0n) is 36.7. The van der Waals surface area contributed by atoms with E-state index in [0.717, 1.165) is 19.3 Å². The van der Waals surface area contributed by atoms with Crippen LogP contribution in [0.1, 0.15) is 121 Å². The molecule has 0 amide bonds. The van der Waals surface area contributed by atoms with Crippen molar-refractivity contribution in [3.05, 3.63) is 35.5 Å². The highest BCUT2D eigenvalue weighted by Crippen LogP contribution is 2.59. The fraction of sp³-hybridized carbons (Fsp3) is 0.860. The lowest BCUT2D eigenvalue weighted by Crippen LogP contribution is -2.58. The smallest absolute Gasteiger partial charge is 0.192 e. The van der Waals surface area contributed by atoms with Crippen molar-refractivity contribution in [3.8, 4) is 0 Å². The van der Waals surface area contributed by atoms with Gasteiger partial charge in [0.05, 0.1) is 23.9 Å². The summed E-state index contributed by atoms with van der Waals surface area (Å²) in [5, 5.41) is 0.253. The molecule has 296 valence electrons. The van der Waals surface area contributed by atoms with Crippen LogP contribution in [0.3, 0.4) is 0 Å². The number of rotatable bonds is 14. The molecular formula is C43H82O5Si3. The van der Waals surface area contributed by atoms with Crippen molar-refractivity contribution in [1.82, 2.24) is 0 Å². The molecule has 3 aliphatic rings. The van der Waals surface area contributed by atoms with E-state index in [9.17, 15) is 0 Å². The summed E-state index contributed by atoms with van der Waals surface area (Å²) in [7, 11) is -4.31. The molecule has 4 unspecified atom stereocenters. The summed E-state index contributed by atoms with van der Waals surface area (Å²) in [6, 6.07) is 0. The third kappa shape index (κ3) is 11.8. The Kier molecular flexibility index (Phi) is 14.9. The van der Waals surface area contributed by atoms with E-state index >= 15 is 0 Å². The second-order valence-electron chi connectivity index (χ2n) is 21.4. The van der Waals surface area contributed by atoms with Gasteiger partial charge in [0, 0.05) is 7.11 Å². The van der Waals surface area contributed by atoms with Gasteiger partial charge in [-0.25, -0.2) is 0 Å². The SMILES string of the molecule is COCOC(C)(C)C/C=C/[C@@H](C)C1CCC2/C(=C/C=C3C[C@H](O[Si](C)(C)C(C)(C)C)C(O[Si](C)(C)C)[C@H](O[Si](C)(C)C(C)(C)C)C3)CCCC21C. The number of hydrogen-bond acceptors (Lipinski definition) is 5. The Morgan fingerprint density at radius 3 is 1.84 bits per heavy atom. The van der Waals surface area contributed by atoms with E-state index in [2.05, 4.69) is 139 Å². The van der Waals surface area contributed by atoms with E-state index in [4.69, 9.17) is 22.8 Å². The number of hydrogen-bond donors (Lipinski definition) is 0. The van der Waals surface area contributed by atoms with Crippen LogP contribution in [0.25, 0.3) is 0 Å². The molecule has 0 N–H and O–H groups in total. The van der Waals surface area contributed by atoms with E-state index in [-0.39, 0.29) is 34.0 Å². The van der Waals surface area contributed by atoms with Gasteiger partial charge in [-0.3, -0.25) is 0 Å². The maximum absolute atomic E-state index is 7.34. The second-order valence-corrected chi connectivity index (χ2v) is 35.4. The highest BCUT2D eigenvalue weighted by molar-refractivity contribution is 6.74. The highest BCUT2D eigenvalue weighted by atomic mass is 28.4. The average Bonchev–Trinajstić information content (AvgIpc) is 3.32. The maximum Gasteiger partial charge on any atom is 0.192 e. The first-order valence-corrected chi connectivity index (χ1v) is 29.6. The fourth-order valence-electron chi connectivity index (χ4n) is 8.44. The topological polar surface area (TPSA) is 46.2 Å². The van der Waals surface area contributed by atoms with E-state index < -0.39 is 25.0 Å². The van der Waals surface area contributed by atoms with Gasteiger partial charge in [-0.15, -0.1) is 0 Å². The highest BCUT2D eigenvalue weighted by Gasteiger charge is 2.51. The van der Waals surface area contributed by atoms with Crippen molar-refractivity contribution in [2.45, 2.75) is 200 Å². The zero-order valence-corrected chi connectivity index (χ0v) is 39.7. The predicted octanol–water partition coefficient (Wildman–Crippen LogP) is 12.8. The van der Waals surface area contributed by atoms with Crippen molar-refractivity contribution in [1.29, 1.82) is 0 Å². The molecule has 0 aromatic heterocycles.